The molecule has 0 atom stereocenters. The zero-order valence-corrected chi connectivity index (χ0v) is 11.9. The molecule has 1 aromatic rings. The third-order valence-corrected chi connectivity index (χ3v) is 3.91. The number of alkyl halides is 1. The van der Waals surface area contributed by atoms with Crippen molar-refractivity contribution >= 4 is 23.5 Å². The molecule has 1 aliphatic heterocycles. The maximum Gasteiger partial charge on any atom is 0.314 e. The molecule has 0 radical (unpaired) electrons. The smallest absolute Gasteiger partial charge is 0.314 e. The summed E-state index contributed by atoms with van der Waals surface area (Å²) in [5.41, 5.74) is -0.569. The number of carbonyl (C=O) groups excluding carboxylic acids is 1. The minimum atomic E-state index is -1.02. The molecular weight excluding hydrogens is 282 g/mol. The molecule has 1 aliphatic rings. The van der Waals surface area contributed by atoms with Crippen LogP contribution in [0, 0.1) is 5.41 Å². The molecule has 6 heteroatoms. The maximum absolute atomic E-state index is 12.4. The first kappa shape index (κ1) is 14.7. The van der Waals surface area contributed by atoms with Gasteiger partial charge in [0.15, 0.2) is 0 Å². The first-order valence-electron chi connectivity index (χ1n) is 6.34. The summed E-state index contributed by atoms with van der Waals surface area (Å²) >= 11 is 5.71. The third-order valence-electron chi connectivity index (χ3n) is 3.40. The van der Waals surface area contributed by atoms with E-state index in [0.717, 1.165) is 0 Å². The second-order valence-electron chi connectivity index (χ2n) is 4.81. The quantitative estimate of drug-likeness (QED) is 0.842. The lowest BCUT2D eigenvalue weighted by atomic mass is 9.81. The summed E-state index contributed by atoms with van der Waals surface area (Å²) in [7, 11) is 0. The van der Waals surface area contributed by atoms with Crippen molar-refractivity contribution in [3.05, 3.63) is 29.8 Å². The first-order chi connectivity index (χ1) is 9.54. The molecule has 5 nitrogen and oxygen atoms in total. The summed E-state index contributed by atoms with van der Waals surface area (Å²) in [5, 5.41) is 9.15. The molecule has 1 N–H and O–H groups in total. The lowest BCUT2D eigenvalue weighted by Crippen LogP contribution is -2.63. The van der Waals surface area contributed by atoms with Gasteiger partial charge in [-0.15, -0.1) is 11.6 Å². The number of hydrogen-bond donors (Lipinski definition) is 1. The van der Waals surface area contributed by atoms with Crippen molar-refractivity contribution in [1.82, 2.24) is 4.90 Å². The number of aliphatic carboxylic acids is 1. The SMILES string of the molecule is CCOc1ccccc1C(=O)N1CC(CCl)(C(=O)O)C1. The standard InChI is InChI=1S/C14H16ClNO4/c1-2-20-11-6-4-3-5-10(11)12(17)16-8-14(7-15,9-16)13(18)19/h3-6H,2,7-9H2,1H3,(H,18,19). The van der Waals surface area contributed by atoms with Crippen LogP contribution in [0.15, 0.2) is 24.3 Å². The van der Waals surface area contributed by atoms with Gasteiger partial charge in [0.1, 0.15) is 11.2 Å². The zero-order chi connectivity index (χ0) is 14.8. The van der Waals surface area contributed by atoms with Gasteiger partial charge in [-0.25, -0.2) is 0 Å². The van der Waals surface area contributed by atoms with Crippen LogP contribution in [0.1, 0.15) is 17.3 Å². The summed E-state index contributed by atoms with van der Waals surface area (Å²) in [6, 6.07) is 6.94. The van der Waals surface area contributed by atoms with E-state index in [-0.39, 0.29) is 24.9 Å². The summed E-state index contributed by atoms with van der Waals surface area (Å²) in [6.45, 7) is 2.56. The molecule has 1 heterocycles. The van der Waals surface area contributed by atoms with Gasteiger partial charge in [-0.3, -0.25) is 9.59 Å². The molecule has 0 unspecified atom stereocenters. The van der Waals surface area contributed by atoms with Gasteiger partial charge in [0.05, 0.1) is 12.2 Å². The summed E-state index contributed by atoms with van der Waals surface area (Å²) in [5.74, 6) is -0.677. The number of rotatable bonds is 5. The average molecular weight is 298 g/mol. The van der Waals surface area contributed by atoms with E-state index in [1.165, 1.54) is 4.90 Å². The minimum absolute atomic E-state index is 0.000774. The van der Waals surface area contributed by atoms with Crippen LogP contribution in [0.3, 0.4) is 0 Å². The number of benzene rings is 1. The van der Waals surface area contributed by atoms with Crippen molar-refractivity contribution in [3.63, 3.8) is 0 Å². The second-order valence-corrected chi connectivity index (χ2v) is 5.08. The predicted octanol–water partition coefficient (Wildman–Crippen LogP) is 1.85. The third kappa shape index (κ3) is 2.45. The van der Waals surface area contributed by atoms with Crippen molar-refractivity contribution in [3.8, 4) is 5.75 Å². The monoisotopic (exact) mass is 297 g/mol. The fraction of sp³-hybridized carbons (Fsp3) is 0.429. The number of ether oxygens (including phenoxy) is 1. The highest BCUT2D eigenvalue weighted by atomic mass is 35.5. The van der Waals surface area contributed by atoms with E-state index in [1.54, 1.807) is 24.3 Å². The fourth-order valence-corrected chi connectivity index (χ4v) is 2.48. The number of likely N-dealkylation sites (tertiary alicyclic amines) is 1. The first-order valence-corrected chi connectivity index (χ1v) is 6.88. The topological polar surface area (TPSA) is 66.8 Å². The summed E-state index contributed by atoms with van der Waals surface area (Å²) in [4.78, 5) is 25.0. The molecule has 20 heavy (non-hydrogen) atoms. The van der Waals surface area contributed by atoms with Gasteiger partial charge in [-0.05, 0) is 19.1 Å². The summed E-state index contributed by atoms with van der Waals surface area (Å²) in [6.07, 6.45) is 0. The zero-order valence-electron chi connectivity index (χ0n) is 11.1. The minimum Gasteiger partial charge on any atom is -0.493 e. The highest BCUT2D eigenvalue weighted by Gasteiger charge is 2.51. The van der Waals surface area contributed by atoms with Crippen molar-refractivity contribution in [2.24, 2.45) is 5.41 Å². The van der Waals surface area contributed by atoms with Crippen LogP contribution in [-0.4, -0.2) is 47.5 Å². The Morgan fingerprint density at radius 2 is 2.05 bits per heavy atom. The highest BCUT2D eigenvalue weighted by Crippen LogP contribution is 2.34. The molecule has 1 aromatic carbocycles. The Morgan fingerprint density at radius 1 is 1.40 bits per heavy atom. The Labute approximate surface area is 122 Å². The molecular formula is C14H16ClNO4. The van der Waals surface area contributed by atoms with E-state index >= 15 is 0 Å². The number of carboxylic acid groups (broad SMARTS) is 1. The number of hydrogen-bond acceptors (Lipinski definition) is 3. The number of para-hydroxylation sites is 1. The lowest BCUT2D eigenvalue weighted by molar-refractivity contribution is -0.155. The molecule has 108 valence electrons. The number of amides is 1. The number of halogens is 1. The highest BCUT2D eigenvalue weighted by molar-refractivity contribution is 6.20. The van der Waals surface area contributed by atoms with Gasteiger partial charge >= 0.3 is 5.97 Å². The van der Waals surface area contributed by atoms with Crippen LogP contribution in [0.25, 0.3) is 0 Å². The van der Waals surface area contributed by atoms with Crippen LogP contribution >= 0.6 is 11.6 Å². The molecule has 0 spiro atoms. The largest absolute Gasteiger partial charge is 0.493 e. The average Bonchev–Trinajstić information content (AvgIpc) is 2.38. The van der Waals surface area contributed by atoms with Gasteiger partial charge in [0.25, 0.3) is 5.91 Å². The van der Waals surface area contributed by atoms with E-state index in [9.17, 15) is 9.59 Å². The number of carbonyl (C=O) groups is 2. The molecule has 0 aromatic heterocycles. The van der Waals surface area contributed by atoms with Gasteiger partial charge in [0, 0.05) is 19.0 Å². The van der Waals surface area contributed by atoms with E-state index in [0.29, 0.717) is 17.9 Å². The summed E-state index contributed by atoms with van der Waals surface area (Å²) < 4.78 is 5.41. The van der Waals surface area contributed by atoms with Crippen molar-refractivity contribution in [1.29, 1.82) is 0 Å². The van der Waals surface area contributed by atoms with Crippen LogP contribution in [0.2, 0.25) is 0 Å². The Balaban J connectivity index is 2.13. The van der Waals surface area contributed by atoms with E-state index in [2.05, 4.69) is 0 Å². The van der Waals surface area contributed by atoms with Gasteiger partial charge in [-0.2, -0.15) is 0 Å². The van der Waals surface area contributed by atoms with Crippen LogP contribution in [0.4, 0.5) is 0 Å². The van der Waals surface area contributed by atoms with Crippen molar-refractivity contribution in [2.45, 2.75) is 6.92 Å². The fourth-order valence-electron chi connectivity index (χ4n) is 2.20. The molecule has 1 amide bonds. The van der Waals surface area contributed by atoms with Crippen LogP contribution in [0.5, 0.6) is 5.75 Å². The maximum atomic E-state index is 12.4. The molecule has 1 fully saturated rings. The van der Waals surface area contributed by atoms with Crippen LogP contribution < -0.4 is 4.74 Å². The van der Waals surface area contributed by atoms with E-state index in [1.807, 2.05) is 6.92 Å². The van der Waals surface area contributed by atoms with E-state index in [4.69, 9.17) is 21.4 Å². The van der Waals surface area contributed by atoms with Crippen LogP contribution in [-0.2, 0) is 4.79 Å². The van der Waals surface area contributed by atoms with Crippen molar-refractivity contribution < 1.29 is 19.4 Å². The van der Waals surface area contributed by atoms with Gasteiger partial charge in [-0.1, -0.05) is 12.1 Å². The predicted molar refractivity (Wildman–Crippen MR) is 74.3 cm³/mol. The molecule has 2 rings (SSSR count). The normalized spacial score (nSPS) is 16.4. The Hall–Kier alpha value is -1.75. The Morgan fingerprint density at radius 3 is 2.60 bits per heavy atom. The van der Waals surface area contributed by atoms with Crippen molar-refractivity contribution in [2.75, 3.05) is 25.6 Å². The molecule has 1 saturated heterocycles. The molecule has 0 aliphatic carbocycles. The van der Waals surface area contributed by atoms with Gasteiger partial charge < -0.3 is 14.7 Å². The number of nitrogens with zero attached hydrogens (tertiary/aromatic N) is 1. The lowest BCUT2D eigenvalue weighted by Gasteiger charge is -2.46. The Kier molecular flexibility index (Phi) is 4.18. The Bertz CT molecular complexity index is 526. The molecule has 0 saturated carbocycles. The molecule has 0 bridgehead atoms. The second kappa shape index (κ2) is 5.71. The number of carboxylic acids is 1. The van der Waals surface area contributed by atoms with Gasteiger partial charge in [0.2, 0.25) is 0 Å². The van der Waals surface area contributed by atoms with E-state index < -0.39 is 11.4 Å².